The van der Waals surface area contributed by atoms with Crippen LogP contribution < -0.4 is 0 Å². The van der Waals surface area contributed by atoms with Gasteiger partial charge in [-0.05, 0) is 184 Å². The summed E-state index contributed by atoms with van der Waals surface area (Å²) >= 11 is 0. The predicted octanol–water partition coefficient (Wildman–Crippen LogP) is 33.9. The van der Waals surface area contributed by atoms with E-state index in [2.05, 4.69) is 315 Å². The lowest BCUT2D eigenvalue weighted by molar-refractivity contribution is 0.672. The Morgan fingerprint density at radius 1 is 0.113 bits per heavy atom. The Hall–Kier alpha value is -19.2. The van der Waals surface area contributed by atoms with Gasteiger partial charge in [0.2, 0.25) is 0 Å². The summed E-state index contributed by atoms with van der Waals surface area (Å²) in [6.07, 6.45) is 0. The highest BCUT2D eigenvalue weighted by Crippen LogP contribution is 2.45. The second-order valence-corrected chi connectivity index (χ2v) is 35.3. The maximum absolute atomic E-state index is 6.36. The highest BCUT2D eigenvalue weighted by molar-refractivity contribution is 6.19. The molecule has 0 amide bonds. The van der Waals surface area contributed by atoms with Crippen molar-refractivity contribution < 1.29 is 13.3 Å². The van der Waals surface area contributed by atoms with E-state index in [1.54, 1.807) is 0 Å². The van der Waals surface area contributed by atoms with Crippen LogP contribution in [0.25, 0.3) is 277 Å². The molecule has 6 heterocycles. The summed E-state index contributed by atoms with van der Waals surface area (Å²) in [5.74, 6) is 5.79. The van der Waals surface area contributed by atoms with Crippen molar-refractivity contribution in [3.05, 3.63) is 479 Å². The van der Waals surface area contributed by atoms with Crippen molar-refractivity contribution in [1.29, 1.82) is 0 Å². The summed E-state index contributed by atoms with van der Waals surface area (Å²) < 4.78 is 19.0. The van der Waals surface area contributed by atoms with Gasteiger partial charge in [0.15, 0.2) is 52.4 Å². The molecule has 0 aliphatic rings. The van der Waals surface area contributed by atoms with Crippen LogP contribution in [0.3, 0.4) is 0 Å². The van der Waals surface area contributed by atoms with Gasteiger partial charge in [0.05, 0.1) is 0 Å². The first-order chi connectivity index (χ1) is 69.8. The van der Waals surface area contributed by atoms with Crippen LogP contribution in [0.5, 0.6) is 0 Å². The van der Waals surface area contributed by atoms with Crippen LogP contribution in [0.2, 0.25) is 0 Å². The van der Waals surface area contributed by atoms with Crippen LogP contribution in [0.4, 0.5) is 0 Å². The molecule has 0 saturated carbocycles. The number of fused-ring (bicyclic) bond motifs is 18. The Balaban J connectivity index is 0.000000109. The fourth-order valence-electron chi connectivity index (χ4n) is 19.7. The van der Waals surface area contributed by atoms with Crippen molar-refractivity contribution in [3.8, 4) is 147 Å². The molecule has 0 saturated heterocycles. The zero-order valence-electron chi connectivity index (χ0n) is 75.9. The van der Waals surface area contributed by atoms with Crippen molar-refractivity contribution >= 4 is 130 Å². The van der Waals surface area contributed by atoms with Gasteiger partial charge in [0.25, 0.3) is 0 Å². The molecule has 658 valence electrons. The van der Waals surface area contributed by atoms with Crippen molar-refractivity contribution in [1.82, 2.24) is 44.9 Å². The molecule has 0 spiro atoms. The van der Waals surface area contributed by atoms with Gasteiger partial charge in [-0.25, -0.2) is 44.9 Å². The first-order valence-corrected chi connectivity index (χ1v) is 47.2. The molecule has 12 nitrogen and oxygen atoms in total. The van der Waals surface area contributed by atoms with Crippen LogP contribution in [0.1, 0.15) is 0 Å². The van der Waals surface area contributed by atoms with E-state index >= 15 is 0 Å². The molecule has 28 aromatic rings. The third-order valence-electron chi connectivity index (χ3n) is 26.8. The molecule has 0 unspecified atom stereocenters. The molecule has 0 aliphatic carbocycles. The largest absolute Gasteiger partial charge is 0.455 e. The summed E-state index contributed by atoms with van der Waals surface area (Å²) in [4.78, 5) is 44.9. The fourth-order valence-corrected chi connectivity index (χ4v) is 19.7. The summed E-state index contributed by atoms with van der Waals surface area (Å²) in [6, 6.07) is 166. The average molecular weight is 1800 g/mol. The third kappa shape index (κ3) is 15.6. The van der Waals surface area contributed by atoms with Gasteiger partial charge in [-0.1, -0.05) is 388 Å². The van der Waals surface area contributed by atoms with Crippen molar-refractivity contribution in [2.75, 3.05) is 0 Å². The minimum atomic E-state index is 0.628. The Morgan fingerprint density at radius 2 is 0.383 bits per heavy atom. The molecule has 0 N–H and O–H groups in total. The number of hydrogen-bond acceptors (Lipinski definition) is 12. The molecule has 141 heavy (non-hydrogen) atoms. The summed E-state index contributed by atoms with van der Waals surface area (Å²) in [5, 5.41) is 20.4. The maximum atomic E-state index is 6.36. The van der Waals surface area contributed by atoms with Crippen LogP contribution in [-0.2, 0) is 0 Å². The second kappa shape index (κ2) is 35.3. The minimum Gasteiger partial charge on any atom is -0.455 e. The molecule has 0 bridgehead atoms. The molecule has 0 atom stereocenters. The van der Waals surface area contributed by atoms with Crippen LogP contribution in [0.15, 0.2) is 492 Å². The standard InChI is InChI=1S/C47H29N3O.2C41H25N3O/c1-3-11-30(12-4-1)31-19-21-33(22-20-31)46-48-45(32-13-5-2-6-14-32)49-47(50-46)37-28-34-15-7-8-16-38(34)42(29-37)36-23-25-39-35(27-36)24-26-41-40-17-9-10-18-43(40)51-44(39)41;1-3-11-26(12-4-1)39-42-40(27-13-5-2-6-14-27)44-41(43-39)36-24-23-30(32-15-7-8-16-33(32)36)28-19-21-31-29(25-28)20-22-35-34-17-9-10-18-37(34)45-38(31)35;1-2-9-29(10-3-1)39-42-40(44-41(43-39)33-21-16-26-8-4-5-11-31(26)24-33)30-18-14-27(15-19-30)32-20-17-28-22-23-35-34-12-6-7-13-37(34)45-38(35)36(28)25-32/h1-29H;2*1-25H. The topological polar surface area (TPSA) is 155 Å². The van der Waals surface area contributed by atoms with Crippen LogP contribution in [-0.4, -0.2) is 44.9 Å². The third-order valence-corrected chi connectivity index (χ3v) is 26.8. The van der Waals surface area contributed by atoms with Gasteiger partial charge in [-0.3, -0.25) is 0 Å². The van der Waals surface area contributed by atoms with E-state index in [0.29, 0.717) is 52.4 Å². The van der Waals surface area contributed by atoms with E-state index in [0.717, 1.165) is 209 Å². The monoisotopic (exact) mass is 1800 g/mol. The highest BCUT2D eigenvalue weighted by Gasteiger charge is 2.23. The normalized spacial score (nSPS) is 11.5. The zero-order chi connectivity index (χ0) is 93.2. The summed E-state index contributed by atoms with van der Waals surface area (Å²) in [6.45, 7) is 0. The lowest BCUT2D eigenvalue weighted by Crippen LogP contribution is -2.00. The SMILES string of the molecule is c1ccc(-c2ccc(-c3nc(-c4ccccc4)nc(-c4cc(-c5ccc6c(ccc7c8ccccc8oc67)c5)c5ccccc5c4)n3)cc2)cc1.c1ccc(-c2nc(-c3ccc(-c4ccc5ccc6c7ccccc7oc6c5c4)cc3)nc(-c3ccc4ccccc4c3)n2)cc1.c1ccc(-c2nc(-c3ccccc3)nc(-c3ccc(-c4ccc5c(ccc6c7ccccc7oc56)c4)c4ccccc34)n2)cc1. The smallest absolute Gasteiger partial charge is 0.164 e. The molecule has 0 aliphatic heterocycles. The van der Waals surface area contributed by atoms with E-state index in [1.807, 2.05) is 164 Å². The number of para-hydroxylation sites is 3. The number of nitrogens with zero attached hydrogens (tertiary/aromatic N) is 9. The minimum absolute atomic E-state index is 0.628. The first-order valence-electron chi connectivity index (χ1n) is 47.2. The summed E-state index contributed by atoms with van der Waals surface area (Å²) in [5.41, 5.74) is 23.1. The van der Waals surface area contributed by atoms with E-state index in [1.165, 1.54) is 16.3 Å². The van der Waals surface area contributed by atoms with Crippen molar-refractivity contribution in [2.24, 2.45) is 0 Å². The molecule has 22 aromatic carbocycles. The maximum Gasteiger partial charge on any atom is 0.164 e. The van der Waals surface area contributed by atoms with Gasteiger partial charge < -0.3 is 13.3 Å². The summed E-state index contributed by atoms with van der Waals surface area (Å²) in [7, 11) is 0. The molecular weight excluding hydrogens is 1720 g/mol. The molecule has 0 radical (unpaired) electrons. The average Bonchev–Trinajstić information content (AvgIpc) is 1.69. The lowest BCUT2D eigenvalue weighted by atomic mass is 9.93. The number of benzene rings is 22. The number of aromatic nitrogens is 9. The molecule has 6 aromatic heterocycles. The van der Waals surface area contributed by atoms with Gasteiger partial charge in [0, 0.05) is 98.5 Å². The Kier molecular flexibility index (Phi) is 20.6. The van der Waals surface area contributed by atoms with Gasteiger partial charge in [-0.2, -0.15) is 0 Å². The number of furan rings is 3. The first kappa shape index (κ1) is 82.5. The van der Waals surface area contributed by atoms with Crippen LogP contribution >= 0.6 is 0 Å². The van der Waals surface area contributed by atoms with E-state index in [9.17, 15) is 0 Å². The Labute approximate surface area is 809 Å². The van der Waals surface area contributed by atoms with E-state index in [-0.39, 0.29) is 0 Å². The van der Waals surface area contributed by atoms with Crippen LogP contribution in [0, 0.1) is 0 Å². The molecular formula is C129H79N9O3. The molecule has 0 fully saturated rings. The predicted molar refractivity (Wildman–Crippen MR) is 577 cm³/mol. The van der Waals surface area contributed by atoms with E-state index < -0.39 is 0 Å². The Bertz CT molecular complexity index is 9680. The Morgan fingerprint density at radius 3 is 0.858 bits per heavy atom. The van der Waals surface area contributed by atoms with Gasteiger partial charge in [-0.15, -0.1) is 0 Å². The lowest BCUT2D eigenvalue weighted by Gasteiger charge is -2.13. The highest BCUT2D eigenvalue weighted by atomic mass is 16.3. The van der Waals surface area contributed by atoms with Gasteiger partial charge >= 0.3 is 0 Å². The van der Waals surface area contributed by atoms with E-state index in [4.69, 9.17) is 58.1 Å². The second-order valence-electron chi connectivity index (χ2n) is 35.3. The quantitative estimate of drug-likeness (QED) is 0.108. The molecule has 12 heteroatoms. The van der Waals surface area contributed by atoms with Crippen molar-refractivity contribution in [3.63, 3.8) is 0 Å². The van der Waals surface area contributed by atoms with Crippen molar-refractivity contribution in [2.45, 2.75) is 0 Å². The zero-order valence-corrected chi connectivity index (χ0v) is 75.9. The number of rotatable bonds is 13. The van der Waals surface area contributed by atoms with Gasteiger partial charge in [0.1, 0.15) is 33.5 Å². The molecule has 28 rings (SSSR count). The number of hydrogen-bond donors (Lipinski definition) is 0. The fraction of sp³-hybridized carbons (Fsp3) is 0.